The van der Waals surface area contributed by atoms with Gasteiger partial charge in [0.15, 0.2) is 0 Å². The highest BCUT2D eigenvalue weighted by Gasteiger charge is 2.43. The predicted molar refractivity (Wildman–Crippen MR) is 92.6 cm³/mol. The monoisotopic (exact) mass is 365 g/mol. The van der Waals surface area contributed by atoms with Crippen molar-refractivity contribution in [2.75, 3.05) is 0 Å². The van der Waals surface area contributed by atoms with E-state index in [9.17, 15) is 10.1 Å². The van der Waals surface area contributed by atoms with Gasteiger partial charge < -0.3 is 0 Å². The molecule has 1 saturated carbocycles. The lowest BCUT2D eigenvalue weighted by atomic mass is 9.58. The van der Waals surface area contributed by atoms with E-state index in [0.717, 1.165) is 24.0 Å². The minimum absolute atomic E-state index is 0.165. The van der Waals surface area contributed by atoms with Crippen LogP contribution in [0.25, 0.3) is 0 Å². The molecule has 0 N–H and O–H groups in total. The first-order chi connectivity index (χ1) is 10.4. The molecule has 1 fully saturated rings. The number of alkyl halides is 1. The first kappa shape index (κ1) is 16.0. The van der Waals surface area contributed by atoms with E-state index in [1.165, 1.54) is 37.7 Å². The Kier molecular flexibility index (Phi) is 4.09. The fraction of sp³-hybridized carbons (Fsp3) is 0.667. The molecule has 1 spiro atoms. The second kappa shape index (κ2) is 5.63. The van der Waals surface area contributed by atoms with Crippen LogP contribution in [0.1, 0.15) is 69.1 Å². The van der Waals surface area contributed by atoms with Crippen molar-refractivity contribution in [2.24, 2.45) is 5.41 Å². The number of nitro benzene ring substituents is 1. The molecule has 0 atom stereocenters. The molecule has 0 bridgehead atoms. The fourth-order valence-electron chi connectivity index (χ4n) is 4.43. The van der Waals surface area contributed by atoms with Crippen LogP contribution in [-0.4, -0.2) is 4.92 Å². The van der Waals surface area contributed by atoms with Crippen molar-refractivity contribution < 1.29 is 4.92 Å². The summed E-state index contributed by atoms with van der Waals surface area (Å²) >= 11 is 3.40. The van der Waals surface area contributed by atoms with E-state index in [1.54, 1.807) is 0 Å². The Morgan fingerprint density at radius 1 is 1.18 bits per heavy atom. The molecule has 3 nitrogen and oxygen atoms in total. The molecule has 120 valence electrons. The Bertz CT molecular complexity index is 599. The highest BCUT2D eigenvalue weighted by molar-refractivity contribution is 9.08. The maximum atomic E-state index is 11.6. The third-order valence-electron chi connectivity index (χ3n) is 5.91. The molecule has 0 amide bonds. The lowest BCUT2D eigenvalue weighted by Crippen LogP contribution is -2.38. The zero-order chi connectivity index (χ0) is 16.0. The minimum Gasteiger partial charge on any atom is -0.258 e. The lowest BCUT2D eigenvalue weighted by molar-refractivity contribution is -0.386. The van der Waals surface area contributed by atoms with Crippen molar-refractivity contribution in [2.45, 2.75) is 69.5 Å². The second-order valence-corrected chi connectivity index (χ2v) is 8.35. The normalized spacial score (nSPS) is 22.3. The summed E-state index contributed by atoms with van der Waals surface area (Å²) in [4.78, 5) is 11.4. The fourth-order valence-corrected chi connectivity index (χ4v) is 4.89. The highest BCUT2D eigenvalue weighted by Crippen LogP contribution is 2.53. The third kappa shape index (κ3) is 2.60. The predicted octanol–water partition coefficient (Wildman–Crippen LogP) is 5.66. The van der Waals surface area contributed by atoms with Gasteiger partial charge in [-0.1, -0.05) is 41.9 Å². The molecule has 0 unspecified atom stereocenters. The van der Waals surface area contributed by atoms with Crippen LogP contribution in [0, 0.1) is 15.5 Å². The van der Waals surface area contributed by atoms with Crippen LogP contribution < -0.4 is 0 Å². The number of hydrogen-bond donors (Lipinski definition) is 0. The first-order valence-electron chi connectivity index (χ1n) is 8.24. The van der Waals surface area contributed by atoms with Crippen molar-refractivity contribution in [3.8, 4) is 0 Å². The van der Waals surface area contributed by atoms with Crippen molar-refractivity contribution in [3.63, 3.8) is 0 Å². The summed E-state index contributed by atoms with van der Waals surface area (Å²) in [6, 6.07) is 4.16. The lowest BCUT2D eigenvalue weighted by Gasteiger charge is -2.47. The molecular formula is C18H24BrNO2. The molecule has 0 aliphatic heterocycles. The van der Waals surface area contributed by atoms with Gasteiger partial charge >= 0.3 is 0 Å². The van der Waals surface area contributed by atoms with Crippen LogP contribution in [-0.2, 0) is 17.2 Å². The van der Waals surface area contributed by atoms with E-state index in [1.807, 2.05) is 6.07 Å². The average Bonchev–Trinajstić information content (AvgIpc) is 2.49. The Morgan fingerprint density at radius 3 is 2.45 bits per heavy atom. The van der Waals surface area contributed by atoms with Gasteiger partial charge in [0.1, 0.15) is 0 Å². The summed E-state index contributed by atoms with van der Waals surface area (Å²) < 4.78 is 0. The van der Waals surface area contributed by atoms with Crippen LogP contribution >= 0.6 is 15.9 Å². The van der Waals surface area contributed by atoms with Gasteiger partial charge in [0, 0.05) is 16.5 Å². The molecule has 0 radical (unpaired) electrons. The summed E-state index contributed by atoms with van der Waals surface area (Å²) in [6.45, 7) is 4.69. The largest absolute Gasteiger partial charge is 0.276 e. The van der Waals surface area contributed by atoms with Gasteiger partial charge in [-0.25, -0.2) is 0 Å². The van der Waals surface area contributed by atoms with Crippen LogP contribution in [0.5, 0.6) is 0 Å². The van der Waals surface area contributed by atoms with Gasteiger partial charge in [0.25, 0.3) is 5.69 Å². The van der Waals surface area contributed by atoms with Crippen LogP contribution in [0.3, 0.4) is 0 Å². The van der Waals surface area contributed by atoms with Crippen molar-refractivity contribution in [3.05, 3.63) is 38.9 Å². The maximum absolute atomic E-state index is 11.6. The molecule has 0 heterocycles. The van der Waals surface area contributed by atoms with Gasteiger partial charge in [-0.15, -0.1) is 0 Å². The van der Waals surface area contributed by atoms with E-state index >= 15 is 0 Å². The van der Waals surface area contributed by atoms with Gasteiger partial charge in [-0.3, -0.25) is 10.1 Å². The van der Waals surface area contributed by atoms with Crippen LogP contribution in [0.4, 0.5) is 5.69 Å². The number of nitrogens with zero attached hydrogens (tertiary/aromatic N) is 1. The van der Waals surface area contributed by atoms with E-state index in [2.05, 4.69) is 35.8 Å². The number of hydrogen-bond acceptors (Lipinski definition) is 2. The third-order valence-corrected chi connectivity index (χ3v) is 6.51. The van der Waals surface area contributed by atoms with Gasteiger partial charge in [-0.05, 0) is 61.3 Å². The molecule has 3 rings (SSSR count). The molecule has 22 heavy (non-hydrogen) atoms. The second-order valence-electron chi connectivity index (χ2n) is 7.79. The Labute approximate surface area is 140 Å². The van der Waals surface area contributed by atoms with E-state index in [0.29, 0.717) is 16.4 Å². The topological polar surface area (TPSA) is 43.1 Å². The van der Waals surface area contributed by atoms with Gasteiger partial charge in [-0.2, -0.15) is 0 Å². The smallest absolute Gasteiger partial charge is 0.258 e. The number of fused-ring (bicyclic) bond motifs is 2. The molecule has 1 aromatic carbocycles. The quantitative estimate of drug-likeness (QED) is 0.385. The van der Waals surface area contributed by atoms with Crippen LogP contribution in [0.2, 0.25) is 0 Å². The Morgan fingerprint density at radius 2 is 1.86 bits per heavy atom. The molecule has 0 aromatic heterocycles. The van der Waals surface area contributed by atoms with Gasteiger partial charge in [0.2, 0.25) is 0 Å². The minimum atomic E-state index is -0.165. The molecule has 4 heteroatoms. The number of nitro groups is 1. The Hall–Kier alpha value is -0.900. The number of halogens is 1. The van der Waals surface area contributed by atoms with E-state index < -0.39 is 0 Å². The van der Waals surface area contributed by atoms with E-state index in [-0.39, 0.29) is 10.3 Å². The molecule has 0 saturated heterocycles. The highest BCUT2D eigenvalue weighted by atomic mass is 79.9. The van der Waals surface area contributed by atoms with Crippen molar-refractivity contribution in [1.82, 2.24) is 0 Å². The summed E-state index contributed by atoms with van der Waals surface area (Å²) in [5.74, 6) is 0. The van der Waals surface area contributed by atoms with Gasteiger partial charge in [0.05, 0.1) is 4.92 Å². The summed E-state index contributed by atoms with van der Waals surface area (Å²) in [6.07, 6.45) is 7.94. The maximum Gasteiger partial charge on any atom is 0.276 e. The number of benzene rings is 1. The van der Waals surface area contributed by atoms with Crippen molar-refractivity contribution in [1.29, 1.82) is 0 Å². The zero-order valence-electron chi connectivity index (χ0n) is 13.5. The molecule has 1 aromatic rings. The summed E-state index contributed by atoms with van der Waals surface area (Å²) in [5, 5.41) is 12.2. The Balaban J connectivity index is 2.08. The molecule has 2 aliphatic rings. The first-order valence-corrected chi connectivity index (χ1v) is 9.36. The van der Waals surface area contributed by atoms with E-state index in [4.69, 9.17) is 0 Å². The summed E-state index contributed by atoms with van der Waals surface area (Å²) in [7, 11) is 0. The van der Waals surface area contributed by atoms with Crippen molar-refractivity contribution >= 4 is 21.6 Å². The standard InChI is InChI=1S/C18H24BrNO2/c1-17(2)8-10-18(11-9-17)7-3-4-14-15(18)6-5-13(12-19)16(14)20(21)22/h5-6H,3-4,7-12H2,1-2H3. The number of rotatable bonds is 2. The van der Waals surface area contributed by atoms with Crippen LogP contribution in [0.15, 0.2) is 12.1 Å². The molecular weight excluding hydrogens is 342 g/mol. The average molecular weight is 366 g/mol. The SMILES string of the molecule is CC1(C)CCC2(CCCc3c2ccc(CBr)c3[N+](=O)[O-])CC1. The molecule has 2 aliphatic carbocycles. The summed E-state index contributed by atoms with van der Waals surface area (Å²) in [5.41, 5.74) is 4.11. The zero-order valence-corrected chi connectivity index (χ0v) is 15.0.